The van der Waals surface area contributed by atoms with Crippen LogP contribution in [0.3, 0.4) is 0 Å². The molecule has 2 heterocycles. The third-order valence-corrected chi connectivity index (χ3v) is 12.8. The van der Waals surface area contributed by atoms with E-state index in [1.54, 1.807) is 0 Å². The molecular weight excluding hydrogens is 1090 g/mol. The van der Waals surface area contributed by atoms with Gasteiger partial charge >= 0.3 is 27.2 Å². The van der Waals surface area contributed by atoms with Crippen molar-refractivity contribution in [3.8, 4) is 50.4 Å². The summed E-state index contributed by atoms with van der Waals surface area (Å²) >= 11 is 0. The monoisotopic (exact) mass is 1130 g/mol. The molecule has 0 bridgehead atoms. The van der Waals surface area contributed by atoms with Crippen LogP contribution in [0.5, 0.6) is 0 Å². The molecule has 73 heavy (non-hydrogen) atoms. The van der Waals surface area contributed by atoms with Gasteiger partial charge in [0.05, 0.1) is 5.56 Å². The van der Waals surface area contributed by atoms with Crippen LogP contribution in [0, 0.1) is 31.7 Å². The first-order valence-electron chi connectivity index (χ1n) is 23.5. The van der Waals surface area contributed by atoms with E-state index >= 15 is 0 Å². The molecule has 0 saturated heterocycles. The Bertz CT molecular complexity index is 3230. The number of halogens is 3. The van der Waals surface area contributed by atoms with Crippen molar-refractivity contribution in [3.63, 3.8) is 0 Å². The fraction of sp³-hybridized carbons (Fsp3) is 0.0154. The van der Waals surface area contributed by atoms with Gasteiger partial charge in [-0.05, 0) is 46.5 Å². The summed E-state index contributed by atoms with van der Waals surface area (Å²) in [6, 6.07) is 87.9. The molecule has 2 aliphatic heterocycles. The summed E-state index contributed by atoms with van der Waals surface area (Å²) in [4.78, 5) is 9.25. The van der Waals surface area contributed by atoms with Gasteiger partial charge in [-0.25, -0.2) is 0 Å². The third-order valence-electron chi connectivity index (χ3n) is 12.8. The number of nitrogens with zero attached hydrogens (tertiary/aromatic N) is 4. The summed E-state index contributed by atoms with van der Waals surface area (Å²) in [5, 5.41) is 0. The molecule has 0 aromatic heterocycles. The third kappa shape index (κ3) is 9.66. The van der Waals surface area contributed by atoms with E-state index in [4.69, 9.17) is 6.42 Å². The maximum atomic E-state index is 12.0. The minimum absolute atomic E-state index is 0. The zero-order chi connectivity index (χ0) is 49.0. The second-order valence-electron chi connectivity index (χ2n) is 17.2. The molecule has 4 nitrogen and oxygen atoms in total. The standard InChI is InChI=1S/C56H39N4.C9H4F3.Pt/c1-5-20-41(21-6-1)47-30-18-31-48(42-22-7-2-8-23-42)55(47)59-39-57(51-34-13-15-36-53(51)59)45-28-17-29-46(38-45)58-40-60(54-37-16-14-35-52(54)58)56-49(43-24-9-3-10-25-43)32-19-33-50(56)44-26-11-4-12-27-44;1-2-7-3-5-8(6-4-7)9(10,11)12;/h1-37,39-40H;3-6H;/q-3;-1;+4. The van der Waals surface area contributed by atoms with Gasteiger partial charge in [-0.1, -0.05) is 194 Å². The molecular formula is C65H43F3N4Pt. The Balaban J connectivity index is 0.000000416. The number of benzene rings is 10. The summed E-state index contributed by atoms with van der Waals surface area (Å²) in [5.74, 6) is 1.99. The molecule has 0 unspecified atom stereocenters. The minimum Gasteiger partial charge on any atom is -0.493 e. The summed E-state index contributed by atoms with van der Waals surface area (Å²) in [7, 11) is 0. The molecule has 0 amide bonds. The molecule has 10 aromatic rings. The van der Waals surface area contributed by atoms with Crippen LogP contribution < -0.4 is 19.6 Å². The molecule has 12 rings (SSSR count). The second-order valence-corrected chi connectivity index (χ2v) is 17.2. The second kappa shape index (κ2) is 21.0. The number of alkyl halides is 3. The van der Waals surface area contributed by atoms with E-state index in [1.165, 1.54) is 34.4 Å². The van der Waals surface area contributed by atoms with Crippen LogP contribution in [0.2, 0.25) is 0 Å². The molecule has 0 N–H and O–H groups in total. The first-order valence-corrected chi connectivity index (χ1v) is 23.5. The number of fused-ring (bicyclic) bond motifs is 2. The fourth-order valence-corrected chi connectivity index (χ4v) is 9.44. The van der Waals surface area contributed by atoms with Crippen LogP contribution >= 0.6 is 0 Å². The van der Waals surface area contributed by atoms with Crippen molar-refractivity contribution in [1.29, 1.82) is 0 Å². The van der Waals surface area contributed by atoms with Crippen molar-refractivity contribution in [2.45, 2.75) is 6.18 Å². The minimum atomic E-state index is -4.31. The Hall–Kier alpha value is -8.56. The Labute approximate surface area is 439 Å². The van der Waals surface area contributed by atoms with E-state index in [0.29, 0.717) is 5.56 Å². The summed E-state index contributed by atoms with van der Waals surface area (Å²) < 4.78 is 35.9. The summed E-state index contributed by atoms with van der Waals surface area (Å²) in [6.45, 7) is 4.45. The number of para-hydroxylation sites is 6. The van der Waals surface area contributed by atoms with E-state index in [2.05, 4.69) is 263 Å². The molecule has 2 aliphatic rings. The molecule has 0 fully saturated rings. The van der Waals surface area contributed by atoms with Gasteiger partial charge in [0.2, 0.25) is 0 Å². The smallest absolute Gasteiger partial charge is 0.493 e. The Morgan fingerprint density at radius 2 is 0.658 bits per heavy atom. The van der Waals surface area contributed by atoms with Gasteiger partial charge in [-0.15, -0.1) is 60.6 Å². The van der Waals surface area contributed by atoms with Gasteiger partial charge < -0.3 is 26.0 Å². The number of hydrogen-bond donors (Lipinski definition) is 0. The van der Waals surface area contributed by atoms with Crippen molar-refractivity contribution >= 4 is 45.5 Å². The molecule has 0 saturated carbocycles. The topological polar surface area (TPSA) is 13.0 Å². The zero-order valence-electron chi connectivity index (χ0n) is 39.1. The SMILES string of the molecule is [C-]#Cc1ccc(C(F)(F)F)cc1.[Pt+4].[c-]1c(N2[CH-]N(c3c(-c4ccccc4)cccc3-c3ccccc3)c3ccccc32)cccc1N1[CH-]N(c2c(-c3ccccc3)cccc2-c2ccccc2)c2ccccc21. The molecule has 0 radical (unpaired) electrons. The first kappa shape index (κ1) is 48.1. The van der Waals surface area contributed by atoms with Gasteiger partial charge in [-0.2, -0.15) is 19.2 Å². The van der Waals surface area contributed by atoms with E-state index in [1.807, 2.05) is 5.92 Å². The van der Waals surface area contributed by atoms with E-state index < -0.39 is 11.7 Å². The Morgan fingerprint density at radius 3 is 0.973 bits per heavy atom. The number of rotatable bonds is 8. The quantitative estimate of drug-likeness (QED) is 0.111. The van der Waals surface area contributed by atoms with Crippen LogP contribution in [0.1, 0.15) is 11.1 Å². The van der Waals surface area contributed by atoms with E-state index in [0.717, 1.165) is 79.9 Å². The Kier molecular flexibility index (Phi) is 13.9. The van der Waals surface area contributed by atoms with Crippen LogP contribution in [-0.4, -0.2) is 0 Å². The number of anilines is 8. The Morgan fingerprint density at radius 1 is 0.356 bits per heavy atom. The molecule has 0 spiro atoms. The predicted octanol–water partition coefficient (Wildman–Crippen LogP) is 17.6. The van der Waals surface area contributed by atoms with Crippen molar-refractivity contribution in [2.75, 3.05) is 19.6 Å². The maximum Gasteiger partial charge on any atom is 4.00 e. The molecule has 0 atom stereocenters. The van der Waals surface area contributed by atoms with Crippen LogP contribution in [0.4, 0.5) is 58.7 Å². The van der Waals surface area contributed by atoms with Gasteiger partial charge in [-0.3, -0.25) is 5.92 Å². The van der Waals surface area contributed by atoms with Crippen molar-refractivity contribution < 1.29 is 34.2 Å². The first-order chi connectivity index (χ1) is 35.3. The van der Waals surface area contributed by atoms with Crippen LogP contribution in [0.25, 0.3) is 44.5 Å². The molecule has 10 aromatic carbocycles. The molecule has 0 aliphatic carbocycles. The normalized spacial score (nSPS) is 12.5. The average molecular weight is 1130 g/mol. The van der Waals surface area contributed by atoms with Gasteiger partial charge in [0.25, 0.3) is 0 Å². The number of hydrogen-bond acceptors (Lipinski definition) is 4. The summed E-state index contributed by atoms with van der Waals surface area (Å²) in [5.41, 5.74) is 17.5. The summed E-state index contributed by atoms with van der Waals surface area (Å²) in [6.07, 6.45) is 2.33. The zero-order valence-corrected chi connectivity index (χ0v) is 41.3. The van der Waals surface area contributed by atoms with Gasteiger partial charge in [0, 0.05) is 56.4 Å². The fourth-order valence-electron chi connectivity index (χ4n) is 9.44. The van der Waals surface area contributed by atoms with Crippen molar-refractivity contribution in [3.05, 3.63) is 286 Å². The van der Waals surface area contributed by atoms with Gasteiger partial charge in [0.1, 0.15) is 0 Å². The van der Waals surface area contributed by atoms with Crippen LogP contribution in [-0.2, 0) is 27.2 Å². The van der Waals surface area contributed by atoms with Gasteiger partial charge in [0.15, 0.2) is 0 Å². The van der Waals surface area contributed by atoms with E-state index in [9.17, 15) is 13.2 Å². The van der Waals surface area contributed by atoms with Crippen molar-refractivity contribution in [2.24, 2.45) is 0 Å². The van der Waals surface area contributed by atoms with Crippen molar-refractivity contribution in [1.82, 2.24) is 0 Å². The van der Waals surface area contributed by atoms with Crippen LogP contribution in [0.15, 0.2) is 249 Å². The van der Waals surface area contributed by atoms with E-state index in [-0.39, 0.29) is 21.1 Å². The molecule has 8 heteroatoms. The predicted molar refractivity (Wildman–Crippen MR) is 288 cm³/mol. The average Bonchev–Trinajstić information content (AvgIpc) is 4.03. The largest absolute Gasteiger partial charge is 4.00 e. The maximum absolute atomic E-state index is 12.0. The molecule has 354 valence electrons.